The molecule has 0 aliphatic carbocycles. The van der Waals surface area contributed by atoms with Gasteiger partial charge in [0, 0.05) is 6.54 Å². The van der Waals surface area contributed by atoms with Gasteiger partial charge in [-0.25, -0.2) is 13.2 Å². The summed E-state index contributed by atoms with van der Waals surface area (Å²) in [6, 6.07) is 1.60. The van der Waals surface area contributed by atoms with Crippen molar-refractivity contribution in [3.8, 4) is 17.7 Å². The lowest BCUT2D eigenvalue weighted by Crippen LogP contribution is -2.27. The third-order valence-corrected chi connectivity index (χ3v) is 4.04. The average molecular weight is 416 g/mol. The standard InChI is InChI=1S/C18H13F5N2O4/c1-3-4-25-17(27)8(5-24)7(2)10(18(25)28)9(26)6-29-16-14(22)12(20)11(19)13(21)15(16)23/h28H,3-4,6H2,1-2H3. The summed E-state index contributed by atoms with van der Waals surface area (Å²) < 4.78 is 72.1. The Morgan fingerprint density at radius 3 is 2.10 bits per heavy atom. The molecular formula is C18H13F5N2O4. The number of aromatic hydroxyl groups is 1. The van der Waals surface area contributed by atoms with E-state index in [4.69, 9.17) is 5.26 Å². The van der Waals surface area contributed by atoms with E-state index in [2.05, 4.69) is 4.74 Å². The molecule has 0 bridgehead atoms. The van der Waals surface area contributed by atoms with E-state index in [1.54, 1.807) is 13.0 Å². The monoisotopic (exact) mass is 416 g/mol. The van der Waals surface area contributed by atoms with Crippen LogP contribution in [0.5, 0.6) is 11.6 Å². The predicted octanol–water partition coefficient (Wildman–Crippen LogP) is 3.10. The maximum Gasteiger partial charge on any atom is 0.271 e. The molecule has 0 aliphatic rings. The number of pyridine rings is 1. The Kier molecular flexibility index (Phi) is 6.26. The second-order valence-corrected chi connectivity index (χ2v) is 5.88. The number of halogens is 5. The van der Waals surface area contributed by atoms with Gasteiger partial charge in [-0.05, 0) is 18.9 Å². The fourth-order valence-corrected chi connectivity index (χ4v) is 2.64. The van der Waals surface area contributed by atoms with E-state index >= 15 is 0 Å². The SMILES string of the molecule is CCCn1c(O)c(C(=O)COc2c(F)c(F)c(F)c(F)c2F)c(C)c(C#N)c1=O. The highest BCUT2D eigenvalue weighted by atomic mass is 19.2. The number of ketones is 1. The van der Waals surface area contributed by atoms with Gasteiger partial charge in [0.1, 0.15) is 11.6 Å². The lowest BCUT2D eigenvalue weighted by atomic mass is 10.0. The lowest BCUT2D eigenvalue weighted by Gasteiger charge is -2.15. The normalized spacial score (nSPS) is 10.7. The van der Waals surface area contributed by atoms with Gasteiger partial charge in [-0.3, -0.25) is 14.2 Å². The highest BCUT2D eigenvalue weighted by molar-refractivity contribution is 6.01. The molecule has 154 valence electrons. The van der Waals surface area contributed by atoms with E-state index in [1.165, 1.54) is 6.92 Å². The van der Waals surface area contributed by atoms with Crippen molar-refractivity contribution in [1.29, 1.82) is 5.26 Å². The quantitative estimate of drug-likeness (QED) is 0.338. The molecule has 29 heavy (non-hydrogen) atoms. The fraction of sp³-hybridized carbons (Fsp3) is 0.278. The number of hydrogen-bond acceptors (Lipinski definition) is 5. The Balaban J connectivity index is 2.50. The summed E-state index contributed by atoms with van der Waals surface area (Å²) in [6.45, 7) is 1.56. The molecule has 1 N–H and O–H groups in total. The number of Topliss-reactive ketones (excluding diaryl/α,β-unsaturated/α-hetero) is 1. The minimum absolute atomic E-state index is 0.0432. The van der Waals surface area contributed by atoms with Crippen molar-refractivity contribution < 1.29 is 36.6 Å². The van der Waals surface area contributed by atoms with Crippen LogP contribution in [-0.2, 0) is 6.54 Å². The van der Waals surface area contributed by atoms with Gasteiger partial charge in [0.25, 0.3) is 5.56 Å². The van der Waals surface area contributed by atoms with E-state index in [1.807, 2.05) is 0 Å². The summed E-state index contributed by atoms with van der Waals surface area (Å²) in [5.74, 6) is -15.1. The van der Waals surface area contributed by atoms with Crippen molar-refractivity contribution in [3.05, 3.63) is 56.1 Å². The Labute approximate surface area is 160 Å². The summed E-state index contributed by atoms with van der Waals surface area (Å²) in [6.07, 6.45) is 0.357. The number of carbonyl (C=O) groups excluding carboxylic acids is 1. The predicted molar refractivity (Wildman–Crippen MR) is 88.2 cm³/mol. The highest BCUT2D eigenvalue weighted by Gasteiger charge is 2.29. The van der Waals surface area contributed by atoms with E-state index in [0.29, 0.717) is 6.42 Å². The molecule has 0 aliphatic heterocycles. The molecule has 11 heteroatoms. The minimum atomic E-state index is -2.39. The van der Waals surface area contributed by atoms with Crippen LogP contribution in [0.3, 0.4) is 0 Å². The molecule has 0 saturated heterocycles. The number of carbonyl (C=O) groups is 1. The topological polar surface area (TPSA) is 92.3 Å². The molecule has 1 heterocycles. The van der Waals surface area contributed by atoms with Crippen molar-refractivity contribution in [2.75, 3.05) is 6.61 Å². The first kappa shape index (κ1) is 21.9. The van der Waals surface area contributed by atoms with Crippen molar-refractivity contribution >= 4 is 5.78 Å². The zero-order valence-electron chi connectivity index (χ0n) is 15.1. The summed E-state index contributed by atoms with van der Waals surface area (Å²) in [7, 11) is 0. The van der Waals surface area contributed by atoms with Crippen molar-refractivity contribution in [2.24, 2.45) is 0 Å². The van der Waals surface area contributed by atoms with Crippen LogP contribution >= 0.6 is 0 Å². The number of benzene rings is 1. The van der Waals surface area contributed by atoms with Crippen molar-refractivity contribution in [1.82, 2.24) is 4.57 Å². The molecule has 0 atom stereocenters. The number of aromatic nitrogens is 1. The minimum Gasteiger partial charge on any atom is -0.494 e. The molecule has 0 spiro atoms. The van der Waals surface area contributed by atoms with Crippen LogP contribution in [0.15, 0.2) is 4.79 Å². The van der Waals surface area contributed by atoms with E-state index < -0.39 is 69.8 Å². The maximum atomic E-state index is 13.7. The molecule has 6 nitrogen and oxygen atoms in total. The van der Waals surface area contributed by atoms with Crippen LogP contribution in [0, 0.1) is 47.3 Å². The second kappa shape index (κ2) is 8.30. The zero-order valence-corrected chi connectivity index (χ0v) is 15.1. The summed E-state index contributed by atoms with van der Waals surface area (Å²) in [5.41, 5.74) is -2.05. The molecule has 2 aromatic rings. The average Bonchev–Trinajstić information content (AvgIpc) is 2.68. The first-order valence-electron chi connectivity index (χ1n) is 8.12. The van der Waals surface area contributed by atoms with Gasteiger partial charge in [-0.1, -0.05) is 6.92 Å². The van der Waals surface area contributed by atoms with Gasteiger partial charge in [0.05, 0.1) is 5.56 Å². The summed E-state index contributed by atoms with van der Waals surface area (Å²) in [5, 5.41) is 19.4. The number of nitrogens with zero attached hydrogens (tertiary/aromatic N) is 2. The first-order chi connectivity index (χ1) is 13.6. The van der Waals surface area contributed by atoms with E-state index in [0.717, 1.165) is 4.57 Å². The Morgan fingerprint density at radius 1 is 1.10 bits per heavy atom. The molecular weight excluding hydrogens is 403 g/mol. The third kappa shape index (κ3) is 3.65. The third-order valence-electron chi connectivity index (χ3n) is 4.04. The molecule has 0 amide bonds. The molecule has 1 aromatic heterocycles. The molecule has 0 radical (unpaired) electrons. The van der Waals surface area contributed by atoms with Gasteiger partial charge in [-0.15, -0.1) is 0 Å². The summed E-state index contributed by atoms with van der Waals surface area (Å²) in [4.78, 5) is 24.6. The highest BCUT2D eigenvalue weighted by Crippen LogP contribution is 2.30. The van der Waals surface area contributed by atoms with E-state index in [-0.39, 0.29) is 12.1 Å². The van der Waals surface area contributed by atoms with Crippen LogP contribution in [0.2, 0.25) is 0 Å². The van der Waals surface area contributed by atoms with Gasteiger partial charge >= 0.3 is 0 Å². The number of rotatable bonds is 6. The molecule has 2 rings (SSSR count). The Morgan fingerprint density at radius 2 is 1.62 bits per heavy atom. The van der Waals surface area contributed by atoms with Crippen LogP contribution in [0.25, 0.3) is 0 Å². The number of nitriles is 1. The van der Waals surface area contributed by atoms with Crippen LogP contribution < -0.4 is 10.3 Å². The summed E-state index contributed by atoms with van der Waals surface area (Å²) >= 11 is 0. The number of hydrogen-bond donors (Lipinski definition) is 1. The Bertz CT molecular complexity index is 1080. The molecule has 1 aromatic carbocycles. The first-order valence-corrected chi connectivity index (χ1v) is 8.12. The van der Waals surface area contributed by atoms with E-state index in [9.17, 15) is 36.6 Å². The zero-order chi connectivity index (χ0) is 22.0. The van der Waals surface area contributed by atoms with Crippen LogP contribution in [0.1, 0.15) is 34.8 Å². The van der Waals surface area contributed by atoms with Gasteiger partial charge in [0.2, 0.25) is 40.7 Å². The second-order valence-electron chi connectivity index (χ2n) is 5.88. The number of ether oxygens (including phenoxy) is 1. The van der Waals surface area contributed by atoms with Gasteiger partial charge < -0.3 is 9.84 Å². The Hall–Kier alpha value is -3.42. The molecule has 0 fully saturated rings. The maximum absolute atomic E-state index is 13.7. The molecule has 0 unspecified atom stereocenters. The smallest absolute Gasteiger partial charge is 0.271 e. The fourth-order valence-electron chi connectivity index (χ4n) is 2.64. The van der Waals surface area contributed by atoms with Gasteiger partial charge in [0.15, 0.2) is 12.4 Å². The lowest BCUT2D eigenvalue weighted by molar-refractivity contribution is 0.0908. The van der Waals surface area contributed by atoms with Crippen molar-refractivity contribution in [2.45, 2.75) is 26.8 Å². The largest absolute Gasteiger partial charge is 0.494 e. The molecule has 0 saturated carbocycles. The van der Waals surface area contributed by atoms with Gasteiger partial charge in [-0.2, -0.15) is 14.0 Å². The van der Waals surface area contributed by atoms with Crippen LogP contribution in [-0.4, -0.2) is 22.1 Å². The van der Waals surface area contributed by atoms with Crippen molar-refractivity contribution in [3.63, 3.8) is 0 Å². The van der Waals surface area contributed by atoms with Crippen LogP contribution in [0.4, 0.5) is 22.0 Å².